The number of carbonyl (C=O) groups excluding carboxylic acids is 1. The second-order valence-corrected chi connectivity index (χ2v) is 9.52. The van der Waals surface area contributed by atoms with Gasteiger partial charge in [0.2, 0.25) is 5.95 Å². The minimum Gasteiger partial charge on any atom is -0.355 e. The molecule has 1 heterocycles. The number of fused-ring (bicyclic) bond motifs is 1. The number of allylic oxidation sites excluding steroid dienone is 4. The van der Waals surface area contributed by atoms with Crippen LogP contribution < -0.4 is 10.9 Å². The van der Waals surface area contributed by atoms with Gasteiger partial charge in [0.25, 0.3) is 5.56 Å². The Bertz CT molecular complexity index is 1210. The van der Waals surface area contributed by atoms with Crippen LogP contribution in [0.4, 0.5) is 10.3 Å². The highest BCUT2D eigenvalue weighted by Crippen LogP contribution is 2.43. The third-order valence-corrected chi connectivity index (χ3v) is 7.06. The molecule has 1 saturated carbocycles. The van der Waals surface area contributed by atoms with Gasteiger partial charge in [-0.2, -0.15) is 0 Å². The van der Waals surface area contributed by atoms with E-state index < -0.39 is 0 Å². The predicted octanol–water partition coefficient (Wildman–Crippen LogP) is 8.36. The number of aryl methyl sites for hydroxylation is 1. The standard InChI is InChI=1S/C18H24FN3O.C9H12ClNO.2C2H6/c1-4-12-9-13(19)10-14-15(12)21-17(22(3)16(14)23)20-11-18(5-2)7-6-8-18;1-4-8(10)5-9(6(2)11)7(3)12;2*1-2/h9-10H,4-8,11H2,1-3H3,(H,20,21);4-5,11H,1-3H3;2*1-2H3/b;8-4+,9-5+,11-6?;;. The molecule has 1 aliphatic rings. The highest BCUT2D eigenvalue weighted by atomic mass is 35.5. The third-order valence-electron chi connectivity index (χ3n) is 6.73. The lowest BCUT2D eigenvalue weighted by atomic mass is 9.67. The smallest absolute Gasteiger partial charge is 0.262 e. The lowest BCUT2D eigenvalue weighted by Gasteiger charge is -2.41. The first-order chi connectivity index (χ1) is 18.5. The van der Waals surface area contributed by atoms with Gasteiger partial charge in [0.15, 0.2) is 5.78 Å². The number of nitrogens with zero attached hydrogens (tertiary/aromatic N) is 2. The summed E-state index contributed by atoms with van der Waals surface area (Å²) in [7, 11) is 1.69. The van der Waals surface area contributed by atoms with Crippen molar-refractivity contribution >= 4 is 39.9 Å². The van der Waals surface area contributed by atoms with Gasteiger partial charge in [-0.1, -0.05) is 65.6 Å². The Kier molecular flexibility index (Phi) is 16.4. The Morgan fingerprint density at radius 2 is 1.79 bits per heavy atom. The summed E-state index contributed by atoms with van der Waals surface area (Å²) in [5, 5.41) is 11.5. The summed E-state index contributed by atoms with van der Waals surface area (Å²) in [5.74, 6) is 0.0550. The van der Waals surface area contributed by atoms with Crippen LogP contribution in [0.5, 0.6) is 0 Å². The quantitative estimate of drug-likeness (QED) is 0.192. The molecule has 0 atom stereocenters. The van der Waals surface area contributed by atoms with Crippen molar-refractivity contribution in [2.24, 2.45) is 12.5 Å². The van der Waals surface area contributed by atoms with Crippen LogP contribution in [0.2, 0.25) is 0 Å². The van der Waals surface area contributed by atoms with E-state index in [0.29, 0.717) is 39.3 Å². The van der Waals surface area contributed by atoms with Crippen LogP contribution >= 0.6 is 11.6 Å². The Balaban J connectivity index is 0.000000769. The number of hydrogen-bond donors (Lipinski definition) is 2. The zero-order valence-electron chi connectivity index (χ0n) is 25.5. The van der Waals surface area contributed by atoms with Gasteiger partial charge in [-0.3, -0.25) is 14.2 Å². The van der Waals surface area contributed by atoms with Crippen LogP contribution in [-0.4, -0.2) is 27.6 Å². The molecule has 0 radical (unpaired) electrons. The van der Waals surface area contributed by atoms with Crippen molar-refractivity contribution in [3.63, 3.8) is 0 Å². The van der Waals surface area contributed by atoms with E-state index in [1.165, 1.54) is 49.0 Å². The van der Waals surface area contributed by atoms with Crippen LogP contribution in [0.1, 0.15) is 93.6 Å². The number of carbonyl (C=O) groups is 1. The molecule has 2 aromatic rings. The van der Waals surface area contributed by atoms with Crippen LogP contribution in [0.15, 0.2) is 39.7 Å². The fraction of sp³-hybridized carbons (Fsp3) is 0.548. The second kappa shape index (κ2) is 17.7. The fourth-order valence-electron chi connectivity index (χ4n) is 4.13. The predicted molar refractivity (Wildman–Crippen MR) is 166 cm³/mol. The molecule has 218 valence electrons. The zero-order valence-corrected chi connectivity index (χ0v) is 26.3. The summed E-state index contributed by atoms with van der Waals surface area (Å²) in [6.07, 6.45) is 8.69. The number of ketones is 1. The number of Topliss-reactive ketones (excluding diaryl/α,β-unsaturated/α-hetero) is 1. The molecule has 0 saturated heterocycles. The molecule has 3 rings (SSSR count). The van der Waals surface area contributed by atoms with E-state index in [1.54, 1.807) is 27.0 Å². The van der Waals surface area contributed by atoms with E-state index in [2.05, 4.69) is 17.2 Å². The van der Waals surface area contributed by atoms with Gasteiger partial charge in [0.05, 0.1) is 10.9 Å². The summed E-state index contributed by atoms with van der Waals surface area (Å²) < 4.78 is 15.2. The molecule has 0 amide bonds. The van der Waals surface area contributed by atoms with Crippen molar-refractivity contribution in [3.8, 4) is 0 Å². The van der Waals surface area contributed by atoms with Crippen LogP contribution in [-0.2, 0) is 18.3 Å². The number of nitrogens with one attached hydrogen (secondary N) is 2. The highest BCUT2D eigenvalue weighted by molar-refractivity contribution is 6.32. The Morgan fingerprint density at radius 3 is 2.21 bits per heavy atom. The number of hydrogen-bond acceptors (Lipinski definition) is 5. The van der Waals surface area contributed by atoms with E-state index in [9.17, 15) is 14.0 Å². The van der Waals surface area contributed by atoms with Crippen molar-refractivity contribution in [3.05, 3.63) is 56.6 Å². The van der Waals surface area contributed by atoms with E-state index in [4.69, 9.17) is 17.0 Å². The molecular formula is C31H48ClFN4O2. The summed E-state index contributed by atoms with van der Waals surface area (Å²) >= 11 is 5.68. The van der Waals surface area contributed by atoms with Crippen LogP contribution in [0, 0.1) is 16.6 Å². The molecule has 39 heavy (non-hydrogen) atoms. The summed E-state index contributed by atoms with van der Waals surface area (Å²) in [6, 6.07) is 2.76. The lowest BCUT2D eigenvalue weighted by Crippen LogP contribution is -2.37. The monoisotopic (exact) mass is 562 g/mol. The van der Waals surface area contributed by atoms with Gasteiger partial charge in [-0.15, -0.1) is 0 Å². The number of anilines is 1. The second-order valence-electron chi connectivity index (χ2n) is 9.09. The zero-order chi connectivity index (χ0) is 30.3. The molecular weight excluding hydrogens is 515 g/mol. The van der Waals surface area contributed by atoms with E-state index in [-0.39, 0.29) is 22.9 Å². The maximum Gasteiger partial charge on any atom is 0.262 e. The maximum absolute atomic E-state index is 13.7. The summed E-state index contributed by atoms with van der Waals surface area (Å²) in [5.41, 5.74) is 2.11. The molecule has 0 spiro atoms. The normalized spacial score (nSPS) is 13.9. The molecule has 1 fully saturated rings. The Labute approximate surface area is 239 Å². The number of halogens is 2. The first-order valence-electron chi connectivity index (χ1n) is 14.0. The van der Waals surface area contributed by atoms with Gasteiger partial charge in [0.1, 0.15) is 5.82 Å². The largest absolute Gasteiger partial charge is 0.355 e. The summed E-state index contributed by atoms with van der Waals surface area (Å²) in [6.45, 7) is 17.7. The molecule has 0 unspecified atom stereocenters. The van der Waals surface area contributed by atoms with Crippen molar-refractivity contribution in [2.75, 3.05) is 11.9 Å². The van der Waals surface area contributed by atoms with Gasteiger partial charge in [-0.25, -0.2) is 9.37 Å². The molecule has 1 aromatic heterocycles. The van der Waals surface area contributed by atoms with E-state index in [0.717, 1.165) is 18.5 Å². The van der Waals surface area contributed by atoms with Gasteiger partial charge in [-0.05, 0) is 75.6 Å². The molecule has 0 bridgehead atoms. The van der Waals surface area contributed by atoms with Crippen molar-refractivity contribution in [1.29, 1.82) is 5.41 Å². The average Bonchev–Trinajstić information content (AvgIpc) is 2.91. The molecule has 0 aliphatic heterocycles. The number of aromatic nitrogens is 2. The minimum absolute atomic E-state index is 0.137. The topological polar surface area (TPSA) is 87.8 Å². The number of benzene rings is 1. The molecule has 8 heteroatoms. The van der Waals surface area contributed by atoms with Crippen molar-refractivity contribution < 1.29 is 9.18 Å². The van der Waals surface area contributed by atoms with Crippen LogP contribution in [0.3, 0.4) is 0 Å². The van der Waals surface area contributed by atoms with Gasteiger partial charge in [0, 0.05) is 29.9 Å². The maximum atomic E-state index is 13.7. The van der Waals surface area contributed by atoms with Crippen LogP contribution in [0.25, 0.3) is 10.9 Å². The highest BCUT2D eigenvalue weighted by Gasteiger charge is 2.35. The Hall–Kier alpha value is -2.80. The van der Waals surface area contributed by atoms with E-state index >= 15 is 0 Å². The average molecular weight is 563 g/mol. The minimum atomic E-state index is -0.381. The Morgan fingerprint density at radius 1 is 1.21 bits per heavy atom. The molecule has 2 N–H and O–H groups in total. The van der Waals surface area contributed by atoms with Crippen molar-refractivity contribution in [2.45, 2.75) is 94.4 Å². The number of rotatable bonds is 8. The lowest BCUT2D eigenvalue weighted by molar-refractivity contribution is -0.113. The molecule has 1 aliphatic carbocycles. The summed E-state index contributed by atoms with van der Waals surface area (Å²) in [4.78, 5) is 28.1. The molecule has 1 aromatic carbocycles. The first kappa shape index (κ1) is 36.2. The third kappa shape index (κ3) is 10.0. The van der Waals surface area contributed by atoms with Crippen molar-refractivity contribution in [1.82, 2.24) is 9.55 Å². The molecule has 6 nitrogen and oxygen atoms in total. The van der Waals surface area contributed by atoms with E-state index in [1.807, 2.05) is 34.6 Å². The van der Waals surface area contributed by atoms with Gasteiger partial charge >= 0.3 is 0 Å². The fourth-order valence-corrected chi connectivity index (χ4v) is 4.24. The van der Waals surface area contributed by atoms with Gasteiger partial charge < -0.3 is 10.7 Å². The first-order valence-corrected chi connectivity index (χ1v) is 14.4. The SMILES string of the molecule is C/C=C(Cl)\C=C(/C(C)=N)C(C)=O.CC.CC.CCc1cc(F)cc2c(=O)n(C)c(NCC3(CC)CCC3)nc12.